The van der Waals surface area contributed by atoms with E-state index in [1.165, 1.54) is 12.1 Å². The molecule has 0 saturated heterocycles. The third-order valence-corrected chi connectivity index (χ3v) is 3.71. The van der Waals surface area contributed by atoms with E-state index in [0.29, 0.717) is 12.8 Å². The van der Waals surface area contributed by atoms with Crippen LogP contribution in [0.1, 0.15) is 37.8 Å². The van der Waals surface area contributed by atoms with Gasteiger partial charge in [-0.3, -0.25) is 4.79 Å². The minimum Gasteiger partial charge on any atom is -0.481 e. The maximum atomic E-state index is 12.6. The zero-order valence-corrected chi connectivity index (χ0v) is 11.4. The second kappa shape index (κ2) is 6.32. The highest BCUT2D eigenvalue weighted by Gasteiger charge is 2.33. The number of rotatable bonds is 3. The molecule has 2 N–H and O–H groups in total. The van der Waals surface area contributed by atoms with Crippen LogP contribution in [-0.2, 0) is 11.0 Å². The molecule has 0 bridgehead atoms. The minimum atomic E-state index is -4.51. The molecule has 4 nitrogen and oxygen atoms in total. The van der Waals surface area contributed by atoms with E-state index in [2.05, 4.69) is 10.3 Å². The van der Waals surface area contributed by atoms with Crippen molar-refractivity contribution in [1.29, 1.82) is 0 Å². The van der Waals surface area contributed by atoms with E-state index in [9.17, 15) is 23.1 Å². The van der Waals surface area contributed by atoms with Crippen LogP contribution >= 0.6 is 0 Å². The summed E-state index contributed by atoms with van der Waals surface area (Å²) in [5, 5.41) is 12.1. The van der Waals surface area contributed by atoms with Gasteiger partial charge in [-0.25, -0.2) is 4.98 Å². The van der Waals surface area contributed by atoms with Gasteiger partial charge in [-0.1, -0.05) is 25.3 Å². The first-order valence-corrected chi connectivity index (χ1v) is 6.91. The Labute approximate surface area is 120 Å². The van der Waals surface area contributed by atoms with Crippen LogP contribution in [-0.4, -0.2) is 22.1 Å². The number of nitrogens with one attached hydrogen (secondary N) is 1. The second-order valence-corrected chi connectivity index (χ2v) is 5.24. The number of pyridine rings is 1. The van der Waals surface area contributed by atoms with Crippen molar-refractivity contribution in [2.75, 3.05) is 5.32 Å². The molecule has 1 saturated carbocycles. The van der Waals surface area contributed by atoms with E-state index in [0.717, 1.165) is 25.3 Å². The number of alkyl halides is 3. The number of halogens is 3. The van der Waals surface area contributed by atoms with Crippen molar-refractivity contribution >= 4 is 11.8 Å². The molecule has 0 amide bonds. The smallest absolute Gasteiger partial charge is 0.433 e. The number of hydrogen-bond acceptors (Lipinski definition) is 3. The Morgan fingerprint density at radius 1 is 1.24 bits per heavy atom. The lowest BCUT2D eigenvalue weighted by molar-refractivity contribution is -0.143. The van der Waals surface area contributed by atoms with Gasteiger partial charge in [-0.2, -0.15) is 13.2 Å². The van der Waals surface area contributed by atoms with Crippen LogP contribution in [0.15, 0.2) is 18.2 Å². The maximum absolute atomic E-state index is 12.6. The molecule has 2 unspecified atom stereocenters. The second-order valence-electron chi connectivity index (χ2n) is 5.24. The normalized spacial score (nSPS) is 23.4. The number of carboxylic acids is 1. The monoisotopic (exact) mass is 302 g/mol. The SMILES string of the molecule is O=C(O)C1CCCCCC1Nc1cccc(C(F)(F)F)n1. The highest BCUT2D eigenvalue weighted by atomic mass is 19.4. The summed E-state index contributed by atoms with van der Waals surface area (Å²) >= 11 is 0. The van der Waals surface area contributed by atoms with Gasteiger partial charge in [0.15, 0.2) is 0 Å². The summed E-state index contributed by atoms with van der Waals surface area (Å²) in [7, 11) is 0. The van der Waals surface area contributed by atoms with Gasteiger partial charge in [0, 0.05) is 6.04 Å². The van der Waals surface area contributed by atoms with Crippen molar-refractivity contribution < 1.29 is 23.1 Å². The molecule has 1 aromatic rings. The summed E-state index contributed by atoms with van der Waals surface area (Å²) in [6, 6.07) is 3.21. The van der Waals surface area contributed by atoms with Crippen LogP contribution in [0.4, 0.5) is 19.0 Å². The molecule has 2 atom stereocenters. The first-order chi connectivity index (χ1) is 9.88. The van der Waals surface area contributed by atoms with Gasteiger partial charge in [-0.15, -0.1) is 0 Å². The Hall–Kier alpha value is -1.79. The first-order valence-electron chi connectivity index (χ1n) is 6.91. The predicted octanol–water partition coefficient (Wildman–Crippen LogP) is 3.55. The van der Waals surface area contributed by atoms with E-state index in [4.69, 9.17) is 0 Å². The van der Waals surface area contributed by atoms with Crippen LogP contribution < -0.4 is 5.32 Å². The van der Waals surface area contributed by atoms with Gasteiger partial charge in [-0.05, 0) is 25.0 Å². The van der Waals surface area contributed by atoms with Crippen molar-refractivity contribution in [1.82, 2.24) is 4.98 Å². The number of nitrogens with zero attached hydrogens (tertiary/aromatic N) is 1. The van der Waals surface area contributed by atoms with Crippen LogP contribution in [0.2, 0.25) is 0 Å². The van der Waals surface area contributed by atoms with Crippen LogP contribution in [0.3, 0.4) is 0 Å². The van der Waals surface area contributed by atoms with E-state index >= 15 is 0 Å². The number of anilines is 1. The molecule has 7 heteroatoms. The van der Waals surface area contributed by atoms with Crippen molar-refractivity contribution in [2.24, 2.45) is 5.92 Å². The molecule has 0 radical (unpaired) electrons. The quantitative estimate of drug-likeness (QED) is 0.838. The van der Waals surface area contributed by atoms with E-state index in [1.807, 2.05) is 0 Å². The number of aliphatic carboxylic acids is 1. The molecule has 21 heavy (non-hydrogen) atoms. The summed E-state index contributed by atoms with van der Waals surface area (Å²) in [6.07, 6.45) is -0.724. The first kappa shape index (κ1) is 15.6. The van der Waals surface area contributed by atoms with Crippen LogP contribution in [0, 0.1) is 5.92 Å². The standard InChI is InChI=1S/C14H17F3N2O2/c15-14(16,17)11-7-4-8-12(19-11)18-10-6-3-1-2-5-9(10)13(20)21/h4,7-10H,1-3,5-6H2,(H,18,19)(H,20,21). The molecule has 0 aromatic carbocycles. The largest absolute Gasteiger partial charge is 0.481 e. The zero-order valence-electron chi connectivity index (χ0n) is 11.4. The van der Waals surface area contributed by atoms with Gasteiger partial charge in [0.05, 0.1) is 5.92 Å². The third kappa shape index (κ3) is 4.09. The fraction of sp³-hybridized carbons (Fsp3) is 0.571. The topological polar surface area (TPSA) is 62.2 Å². The fourth-order valence-corrected chi connectivity index (χ4v) is 2.64. The zero-order chi connectivity index (χ0) is 15.5. The average molecular weight is 302 g/mol. The Kier molecular flexibility index (Phi) is 4.69. The van der Waals surface area contributed by atoms with Gasteiger partial charge >= 0.3 is 12.1 Å². The predicted molar refractivity (Wildman–Crippen MR) is 70.9 cm³/mol. The average Bonchev–Trinajstić information content (AvgIpc) is 2.63. The van der Waals surface area contributed by atoms with Gasteiger partial charge in [0.2, 0.25) is 0 Å². The molecule has 0 spiro atoms. The van der Waals surface area contributed by atoms with E-state index in [1.54, 1.807) is 0 Å². The Morgan fingerprint density at radius 3 is 2.62 bits per heavy atom. The minimum absolute atomic E-state index is 0.0722. The Balaban J connectivity index is 2.17. The van der Waals surface area contributed by atoms with Gasteiger partial charge < -0.3 is 10.4 Å². The van der Waals surface area contributed by atoms with E-state index < -0.39 is 23.8 Å². The number of hydrogen-bond donors (Lipinski definition) is 2. The fourth-order valence-electron chi connectivity index (χ4n) is 2.64. The molecular weight excluding hydrogens is 285 g/mol. The maximum Gasteiger partial charge on any atom is 0.433 e. The number of aromatic nitrogens is 1. The van der Waals surface area contributed by atoms with Crippen molar-refractivity contribution in [3.8, 4) is 0 Å². The molecule has 1 fully saturated rings. The lowest BCUT2D eigenvalue weighted by Crippen LogP contribution is -2.34. The van der Waals surface area contributed by atoms with E-state index in [-0.39, 0.29) is 11.9 Å². The van der Waals surface area contributed by atoms with Gasteiger partial charge in [0.25, 0.3) is 0 Å². The molecule has 1 aromatic heterocycles. The number of carboxylic acid groups (broad SMARTS) is 1. The Morgan fingerprint density at radius 2 is 1.95 bits per heavy atom. The van der Waals surface area contributed by atoms with Crippen molar-refractivity contribution in [3.63, 3.8) is 0 Å². The summed E-state index contributed by atoms with van der Waals surface area (Å²) < 4.78 is 37.9. The lowest BCUT2D eigenvalue weighted by Gasteiger charge is -2.23. The summed E-state index contributed by atoms with van der Waals surface area (Å²) in [5.41, 5.74) is -0.979. The van der Waals surface area contributed by atoms with Crippen LogP contribution in [0.25, 0.3) is 0 Å². The summed E-state index contributed by atoms with van der Waals surface area (Å²) in [5.74, 6) is -1.44. The van der Waals surface area contributed by atoms with Gasteiger partial charge in [0.1, 0.15) is 11.5 Å². The summed E-state index contributed by atoms with van der Waals surface area (Å²) in [6.45, 7) is 0. The molecular formula is C14H17F3N2O2. The lowest BCUT2D eigenvalue weighted by atomic mass is 9.95. The van der Waals surface area contributed by atoms with Crippen molar-refractivity contribution in [3.05, 3.63) is 23.9 Å². The van der Waals surface area contributed by atoms with Crippen molar-refractivity contribution in [2.45, 2.75) is 44.3 Å². The molecule has 1 aliphatic rings. The Bertz CT molecular complexity index is 505. The highest BCUT2D eigenvalue weighted by molar-refractivity contribution is 5.71. The van der Waals surface area contributed by atoms with Crippen LogP contribution in [0.5, 0.6) is 0 Å². The molecule has 0 aliphatic heterocycles. The molecule has 2 rings (SSSR count). The molecule has 1 heterocycles. The highest BCUT2D eigenvalue weighted by Crippen LogP contribution is 2.30. The molecule has 1 aliphatic carbocycles. The third-order valence-electron chi connectivity index (χ3n) is 3.71. The molecule has 116 valence electrons. The number of carbonyl (C=O) groups is 1. The summed E-state index contributed by atoms with van der Waals surface area (Å²) in [4.78, 5) is 14.8.